The van der Waals surface area contributed by atoms with Gasteiger partial charge in [-0.05, 0) is 70.1 Å². The van der Waals surface area contributed by atoms with Crippen molar-refractivity contribution in [3.8, 4) is 22.4 Å². The van der Waals surface area contributed by atoms with Gasteiger partial charge in [0, 0.05) is 22.5 Å². The van der Waals surface area contributed by atoms with E-state index in [9.17, 15) is 0 Å². The molecule has 2 aromatic heterocycles. The molecule has 0 radical (unpaired) electrons. The van der Waals surface area contributed by atoms with Gasteiger partial charge in [-0.3, -0.25) is 4.98 Å². The van der Waals surface area contributed by atoms with Gasteiger partial charge < -0.3 is 4.42 Å². The number of nitrogens with zero attached hydrogens (tertiary/aromatic N) is 1. The monoisotopic (exact) mass is 427 g/mol. The Morgan fingerprint density at radius 2 is 1.48 bits per heavy atom. The van der Waals surface area contributed by atoms with E-state index in [1.807, 2.05) is 6.20 Å². The molecule has 0 aliphatic rings. The minimum atomic E-state index is 0.449. The number of aromatic nitrogens is 1. The molecule has 0 bridgehead atoms. The molecule has 0 spiro atoms. The van der Waals surface area contributed by atoms with Crippen LogP contribution in [0.4, 0.5) is 0 Å². The van der Waals surface area contributed by atoms with E-state index < -0.39 is 0 Å². The van der Waals surface area contributed by atoms with Crippen LogP contribution in [0, 0.1) is 6.92 Å². The number of para-hydroxylation sites is 1. The van der Waals surface area contributed by atoms with Gasteiger partial charge in [0.25, 0.3) is 0 Å². The van der Waals surface area contributed by atoms with Crippen molar-refractivity contribution in [1.29, 1.82) is 0 Å². The Hall–Kier alpha value is -3.91. The first-order chi connectivity index (χ1) is 16.1. The second-order valence-electron chi connectivity index (χ2n) is 9.10. The van der Waals surface area contributed by atoms with Crippen LogP contribution in [0.3, 0.4) is 0 Å². The Bertz CT molecular complexity index is 1650. The average molecular weight is 428 g/mol. The second kappa shape index (κ2) is 7.60. The van der Waals surface area contributed by atoms with Crippen molar-refractivity contribution in [2.24, 2.45) is 0 Å². The lowest BCUT2D eigenvalue weighted by atomic mass is 9.96. The van der Waals surface area contributed by atoms with E-state index >= 15 is 0 Å². The number of rotatable bonds is 3. The molecule has 0 amide bonds. The molecule has 0 atom stereocenters. The molecule has 0 aliphatic heterocycles. The molecule has 0 saturated heterocycles. The number of fused-ring (bicyclic) bond motifs is 4. The highest BCUT2D eigenvalue weighted by atomic mass is 16.3. The van der Waals surface area contributed by atoms with Crippen LogP contribution in [0.2, 0.25) is 0 Å². The normalized spacial score (nSPS) is 11.8. The molecule has 2 heteroatoms. The minimum absolute atomic E-state index is 0.449. The summed E-state index contributed by atoms with van der Waals surface area (Å²) >= 11 is 0. The summed E-state index contributed by atoms with van der Waals surface area (Å²) in [7, 11) is 0. The van der Waals surface area contributed by atoms with E-state index in [2.05, 4.69) is 106 Å². The van der Waals surface area contributed by atoms with E-state index in [-0.39, 0.29) is 0 Å². The quantitative estimate of drug-likeness (QED) is 0.282. The van der Waals surface area contributed by atoms with Crippen LogP contribution in [0.25, 0.3) is 55.1 Å². The van der Waals surface area contributed by atoms with Crippen molar-refractivity contribution < 1.29 is 4.42 Å². The largest absolute Gasteiger partial charge is 0.455 e. The Balaban J connectivity index is 1.55. The van der Waals surface area contributed by atoms with E-state index in [1.165, 1.54) is 27.5 Å². The maximum atomic E-state index is 6.50. The van der Waals surface area contributed by atoms with Gasteiger partial charge in [0.2, 0.25) is 0 Å². The van der Waals surface area contributed by atoms with E-state index in [4.69, 9.17) is 9.40 Å². The summed E-state index contributed by atoms with van der Waals surface area (Å²) in [4.78, 5) is 4.75. The fourth-order valence-corrected chi connectivity index (χ4v) is 4.95. The van der Waals surface area contributed by atoms with E-state index in [0.29, 0.717) is 5.92 Å². The Labute approximate surface area is 193 Å². The third-order valence-electron chi connectivity index (χ3n) is 6.64. The molecule has 6 aromatic rings. The fraction of sp³-hybridized carbons (Fsp3) is 0.129. The maximum Gasteiger partial charge on any atom is 0.144 e. The molecule has 0 N–H and O–H groups in total. The first-order valence-corrected chi connectivity index (χ1v) is 11.5. The molecule has 6 rings (SSSR count). The van der Waals surface area contributed by atoms with Gasteiger partial charge in [-0.15, -0.1) is 0 Å². The Morgan fingerprint density at radius 3 is 2.36 bits per heavy atom. The molecule has 0 aliphatic carbocycles. The molecular formula is C31H25NO. The van der Waals surface area contributed by atoms with Crippen molar-refractivity contribution >= 4 is 32.7 Å². The summed E-state index contributed by atoms with van der Waals surface area (Å²) in [6.07, 6.45) is 1.98. The molecule has 4 aromatic carbocycles. The number of benzene rings is 4. The SMILES string of the molecule is Cc1cnc(-c2cccc3c2oc2cc(-c4cccc5ccccc45)ccc23)cc1C(C)C. The molecule has 0 saturated carbocycles. The Kier molecular flexibility index (Phi) is 4.55. The number of furan rings is 1. The van der Waals surface area contributed by atoms with Gasteiger partial charge in [0.1, 0.15) is 11.2 Å². The number of pyridine rings is 1. The van der Waals surface area contributed by atoms with Crippen LogP contribution in [-0.2, 0) is 0 Å². The molecule has 2 heterocycles. The van der Waals surface area contributed by atoms with Crippen LogP contribution in [0.15, 0.2) is 95.5 Å². The van der Waals surface area contributed by atoms with Gasteiger partial charge in [0.15, 0.2) is 0 Å². The predicted octanol–water partition coefficient (Wildman–Crippen LogP) is 8.90. The van der Waals surface area contributed by atoms with Crippen LogP contribution < -0.4 is 0 Å². The molecule has 0 fully saturated rings. The van der Waals surface area contributed by atoms with Crippen molar-refractivity contribution in [2.45, 2.75) is 26.7 Å². The van der Waals surface area contributed by atoms with Gasteiger partial charge >= 0.3 is 0 Å². The standard InChI is InChI=1S/C31H25NO/c1-19(2)28-17-29(32-18-20(28)3)27-13-7-12-26-25-15-14-22(16-30(25)33-31(26)27)24-11-6-9-21-8-4-5-10-23(21)24/h4-19H,1-3H3. The second-order valence-corrected chi connectivity index (χ2v) is 9.10. The van der Waals surface area contributed by atoms with Crippen LogP contribution in [0.1, 0.15) is 30.9 Å². The highest BCUT2D eigenvalue weighted by Crippen LogP contribution is 2.38. The smallest absolute Gasteiger partial charge is 0.144 e. The van der Waals surface area contributed by atoms with Crippen molar-refractivity contribution in [3.63, 3.8) is 0 Å². The van der Waals surface area contributed by atoms with Crippen LogP contribution in [0.5, 0.6) is 0 Å². The zero-order valence-electron chi connectivity index (χ0n) is 19.1. The topological polar surface area (TPSA) is 26.0 Å². The molecule has 2 nitrogen and oxygen atoms in total. The summed E-state index contributed by atoms with van der Waals surface area (Å²) in [6, 6.07) is 30.1. The lowest BCUT2D eigenvalue weighted by molar-refractivity contribution is 0.670. The molecule has 33 heavy (non-hydrogen) atoms. The van der Waals surface area contributed by atoms with Gasteiger partial charge in [0.05, 0.1) is 5.69 Å². The van der Waals surface area contributed by atoms with Crippen molar-refractivity contribution in [2.75, 3.05) is 0 Å². The third kappa shape index (κ3) is 3.22. The Morgan fingerprint density at radius 1 is 0.727 bits per heavy atom. The highest BCUT2D eigenvalue weighted by molar-refractivity contribution is 6.10. The first-order valence-electron chi connectivity index (χ1n) is 11.5. The number of hydrogen-bond donors (Lipinski definition) is 0. The summed E-state index contributed by atoms with van der Waals surface area (Å²) in [6.45, 7) is 6.58. The summed E-state index contributed by atoms with van der Waals surface area (Å²) in [5, 5.41) is 4.75. The summed E-state index contributed by atoms with van der Waals surface area (Å²) in [5.74, 6) is 0.449. The maximum absolute atomic E-state index is 6.50. The number of aryl methyl sites for hydroxylation is 1. The molecule has 0 unspecified atom stereocenters. The van der Waals surface area contributed by atoms with Crippen LogP contribution >= 0.6 is 0 Å². The minimum Gasteiger partial charge on any atom is -0.455 e. The average Bonchev–Trinajstić information content (AvgIpc) is 3.22. The predicted molar refractivity (Wildman–Crippen MR) is 139 cm³/mol. The van der Waals surface area contributed by atoms with Crippen LogP contribution in [-0.4, -0.2) is 4.98 Å². The molecule has 160 valence electrons. The fourth-order valence-electron chi connectivity index (χ4n) is 4.95. The van der Waals surface area contributed by atoms with Gasteiger partial charge in [-0.2, -0.15) is 0 Å². The highest BCUT2D eigenvalue weighted by Gasteiger charge is 2.15. The van der Waals surface area contributed by atoms with E-state index in [0.717, 1.165) is 38.8 Å². The number of hydrogen-bond acceptors (Lipinski definition) is 2. The van der Waals surface area contributed by atoms with Crippen molar-refractivity contribution in [1.82, 2.24) is 4.98 Å². The van der Waals surface area contributed by atoms with Gasteiger partial charge in [-0.1, -0.05) is 74.5 Å². The van der Waals surface area contributed by atoms with Crippen molar-refractivity contribution in [3.05, 3.63) is 102 Å². The zero-order valence-corrected chi connectivity index (χ0v) is 19.1. The first kappa shape index (κ1) is 19.8. The lowest BCUT2D eigenvalue weighted by Gasteiger charge is -2.11. The molecular weight excluding hydrogens is 402 g/mol. The lowest BCUT2D eigenvalue weighted by Crippen LogP contribution is -1.95. The van der Waals surface area contributed by atoms with Gasteiger partial charge in [-0.25, -0.2) is 0 Å². The third-order valence-corrected chi connectivity index (χ3v) is 6.64. The van der Waals surface area contributed by atoms with E-state index in [1.54, 1.807) is 0 Å². The zero-order chi connectivity index (χ0) is 22.5. The summed E-state index contributed by atoms with van der Waals surface area (Å²) in [5.41, 5.74) is 8.73. The summed E-state index contributed by atoms with van der Waals surface area (Å²) < 4.78 is 6.50.